The lowest BCUT2D eigenvalue weighted by Crippen LogP contribution is -2.42. The van der Waals surface area contributed by atoms with Crippen molar-refractivity contribution >= 4 is 34.5 Å². The highest BCUT2D eigenvalue weighted by Gasteiger charge is 2.25. The van der Waals surface area contributed by atoms with E-state index in [1.807, 2.05) is 40.6 Å². The van der Waals surface area contributed by atoms with Crippen LogP contribution in [0.3, 0.4) is 0 Å². The molecule has 3 heterocycles. The number of aromatic carboxylic acids is 1. The molecular formula is C29H36N6O4. The molecule has 0 bridgehead atoms. The Labute approximate surface area is 227 Å². The van der Waals surface area contributed by atoms with Crippen LogP contribution in [0.15, 0.2) is 41.5 Å². The lowest BCUT2D eigenvalue weighted by atomic mass is 9.89. The molecule has 2 N–H and O–H groups in total. The molecule has 2 aliphatic rings. The molecule has 0 spiro atoms. The predicted octanol–water partition coefficient (Wildman–Crippen LogP) is 4.01. The van der Waals surface area contributed by atoms with E-state index < -0.39 is 11.4 Å². The fraction of sp³-hybridized carbons (Fsp3) is 0.483. The summed E-state index contributed by atoms with van der Waals surface area (Å²) in [5, 5.41) is 13.1. The summed E-state index contributed by atoms with van der Waals surface area (Å²) < 4.78 is 1.87. The molecule has 2 fully saturated rings. The van der Waals surface area contributed by atoms with Crippen LogP contribution in [0.1, 0.15) is 72.8 Å². The Morgan fingerprint density at radius 1 is 1.05 bits per heavy atom. The summed E-state index contributed by atoms with van der Waals surface area (Å²) in [6.45, 7) is 1.99. The van der Waals surface area contributed by atoms with Crippen LogP contribution in [0.4, 0.5) is 11.6 Å². The van der Waals surface area contributed by atoms with Crippen LogP contribution in [0.5, 0.6) is 0 Å². The number of fused-ring (bicyclic) bond motifs is 1. The lowest BCUT2D eigenvalue weighted by Gasteiger charge is -2.33. The summed E-state index contributed by atoms with van der Waals surface area (Å²) >= 11 is 0. The Hall–Kier alpha value is -3.79. The number of anilines is 2. The molecule has 3 aromatic rings. The van der Waals surface area contributed by atoms with Gasteiger partial charge in [0.1, 0.15) is 11.2 Å². The average Bonchev–Trinajstić information content (AvgIpc) is 2.94. The first-order valence-corrected chi connectivity index (χ1v) is 13.7. The number of benzene rings is 1. The maximum absolute atomic E-state index is 12.8. The molecule has 39 heavy (non-hydrogen) atoms. The molecular weight excluding hydrogens is 496 g/mol. The van der Waals surface area contributed by atoms with E-state index in [2.05, 4.69) is 27.4 Å². The quantitative estimate of drug-likeness (QED) is 0.468. The van der Waals surface area contributed by atoms with Gasteiger partial charge in [-0.05, 0) is 63.4 Å². The number of hydrogen-bond acceptors (Lipinski definition) is 7. The van der Waals surface area contributed by atoms with Gasteiger partial charge >= 0.3 is 5.97 Å². The largest absolute Gasteiger partial charge is 0.477 e. The van der Waals surface area contributed by atoms with Crippen molar-refractivity contribution in [3.05, 3.63) is 58.0 Å². The Kier molecular flexibility index (Phi) is 7.92. The van der Waals surface area contributed by atoms with Crippen LogP contribution in [0, 0.1) is 0 Å². The zero-order valence-electron chi connectivity index (χ0n) is 22.6. The van der Waals surface area contributed by atoms with Gasteiger partial charge in [-0.2, -0.15) is 4.98 Å². The molecule has 1 aromatic carbocycles. The predicted molar refractivity (Wildman–Crippen MR) is 150 cm³/mol. The van der Waals surface area contributed by atoms with Crippen LogP contribution < -0.4 is 10.7 Å². The number of piperidine rings is 1. The Morgan fingerprint density at radius 3 is 2.38 bits per heavy atom. The number of amides is 1. The van der Waals surface area contributed by atoms with Crippen LogP contribution in [0.25, 0.3) is 11.0 Å². The number of carboxylic acid groups (broad SMARTS) is 1. The minimum Gasteiger partial charge on any atom is -0.477 e. The first-order chi connectivity index (χ1) is 18.8. The SMILES string of the molecule is CN(C)CC(=O)N1CCC(c2ccc(Nc3ncc4c(=O)c(C(=O)O)cn(C5CCCCC5)c4n3)cc2)CC1. The van der Waals surface area contributed by atoms with Crippen molar-refractivity contribution in [1.82, 2.24) is 24.3 Å². The molecule has 0 unspecified atom stereocenters. The van der Waals surface area contributed by atoms with Crippen LogP contribution in [0.2, 0.25) is 0 Å². The van der Waals surface area contributed by atoms with Gasteiger partial charge in [-0.15, -0.1) is 0 Å². The second kappa shape index (κ2) is 11.5. The fourth-order valence-corrected chi connectivity index (χ4v) is 5.78. The highest BCUT2D eigenvalue weighted by molar-refractivity contribution is 5.91. The van der Waals surface area contributed by atoms with E-state index >= 15 is 0 Å². The van der Waals surface area contributed by atoms with E-state index in [9.17, 15) is 19.5 Å². The fourth-order valence-electron chi connectivity index (χ4n) is 5.78. The van der Waals surface area contributed by atoms with Crippen molar-refractivity contribution in [1.29, 1.82) is 0 Å². The van der Waals surface area contributed by atoms with Gasteiger partial charge < -0.3 is 24.8 Å². The highest BCUT2D eigenvalue weighted by atomic mass is 16.4. The summed E-state index contributed by atoms with van der Waals surface area (Å²) in [6.07, 6.45) is 9.90. The van der Waals surface area contributed by atoms with E-state index in [-0.39, 0.29) is 22.9 Å². The number of likely N-dealkylation sites (N-methyl/N-ethyl adjacent to an activating group) is 1. The molecule has 10 heteroatoms. The lowest BCUT2D eigenvalue weighted by molar-refractivity contribution is -0.132. The van der Waals surface area contributed by atoms with Crippen molar-refractivity contribution in [3.63, 3.8) is 0 Å². The number of carboxylic acids is 1. The molecule has 0 atom stereocenters. The number of hydrogen-bond donors (Lipinski definition) is 2. The molecule has 206 valence electrons. The minimum absolute atomic E-state index is 0.103. The molecule has 1 aliphatic carbocycles. The van der Waals surface area contributed by atoms with Gasteiger partial charge in [0.15, 0.2) is 0 Å². The van der Waals surface area contributed by atoms with Gasteiger partial charge in [0.2, 0.25) is 17.3 Å². The molecule has 1 saturated heterocycles. The molecule has 1 aliphatic heterocycles. The molecule has 1 saturated carbocycles. The van der Waals surface area contributed by atoms with Crippen molar-refractivity contribution in [2.24, 2.45) is 0 Å². The summed E-state index contributed by atoms with van der Waals surface area (Å²) in [5.74, 6) is -0.288. The number of aromatic nitrogens is 3. The number of pyridine rings is 1. The zero-order valence-corrected chi connectivity index (χ0v) is 22.6. The standard InChI is InChI=1S/C29H36N6O4/c1-33(2)18-25(36)34-14-12-20(13-15-34)19-8-10-21(11-9-19)31-29-30-16-23-26(37)24(28(38)39)17-35(27(23)32-29)22-6-4-3-5-7-22/h8-11,16-17,20,22H,3-7,12-15,18H2,1-2H3,(H,38,39)(H,30,31,32). The van der Waals surface area contributed by atoms with Gasteiger partial charge in [0.05, 0.1) is 11.9 Å². The third-order valence-corrected chi connectivity index (χ3v) is 7.91. The second-order valence-electron chi connectivity index (χ2n) is 10.9. The van der Waals surface area contributed by atoms with Crippen molar-refractivity contribution < 1.29 is 14.7 Å². The highest BCUT2D eigenvalue weighted by Crippen LogP contribution is 2.31. The number of carbonyl (C=O) groups excluding carboxylic acids is 1. The Balaban J connectivity index is 1.32. The van der Waals surface area contributed by atoms with Crippen LogP contribution in [-0.2, 0) is 4.79 Å². The maximum atomic E-state index is 12.8. The van der Waals surface area contributed by atoms with Gasteiger partial charge in [-0.25, -0.2) is 9.78 Å². The molecule has 2 aromatic heterocycles. The summed E-state index contributed by atoms with van der Waals surface area (Å²) in [4.78, 5) is 49.8. The number of likely N-dealkylation sites (tertiary alicyclic amines) is 1. The smallest absolute Gasteiger partial charge is 0.341 e. The molecule has 5 rings (SSSR count). The minimum atomic E-state index is -1.24. The van der Waals surface area contributed by atoms with Crippen molar-refractivity contribution in [2.75, 3.05) is 39.0 Å². The van der Waals surface area contributed by atoms with Gasteiger partial charge in [-0.3, -0.25) is 9.59 Å². The van der Waals surface area contributed by atoms with Gasteiger partial charge in [-0.1, -0.05) is 31.4 Å². The third kappa shape index (κ3) is 5.95. The number of nitrogens with one attached hydrogen (secondary N) is 1. The van der Waals surface area contributed by atoms with E-state index in [4.69, 9.17) is 0 Å². The Morgan fingerprint density at radius 2 is 1.74 bits per heavy atom. The van der Waals surface area contributed by atoms with Gasteiger partial charge in [0.25, 0.3) is 0 Å². The molecule has 1 amide bonds. The number of carbonyl (C=O) groups is 2. The first kappa shape index (κ1) is 26.8. The summed E-state index contributed by atoms with van der Waals surface area (Å²) in [7, 11) is 3.82. The van der Waals surface area contributed by atoms with E-state index in [0.29, 0.717) is 24.1 Å². The van der Waals surface area contributed by atoms with Crippen molar-refractivity contribution in [3.8, 4) is 0 Å². The molecule has 0 radical (unpaired) electrons. The monoisotopic (exact) mass is 532 g/mol. The Bertz CT molecular complexity index is 1400. The number of rotatable bonds is 7. The molecule has 10 nitrogen and oxygen atoms in total. The third-order valence-electron chi connectivity index (χ3n) is 7.91. The first-order valence-electron chi connectivity index (χ1n) is 13.7. The van der Waals surface area contributed by atoms with Crippen LogP contribution in [-0.4, -0.2) is 75.0 Å². The number of nitrogens with zero attached hydrogens (tertiary/aromatic N) is 5. The second-order valence-corrected chi connectivity index (χ2v) is 10.9. The summed E-state index contributed by atoms with van der Waals surface area (Å²) in [6, 6.07) is 8.29. The average molecular weight is 533 g/mol. The zero-order chi connectivity index (χ0) is 27.5. The van der Waals surface area contributed by atoms with E-state index in [1.165, 1.54) is 18.0 Å². The normalized spacial score (nSPS) is 17.1. The maximum Gasteiger partial charge on any atom is 0.341 e. The van der Waals surface area contributed by atoms with E-state index in [0.717, 1.165) is 63.7 Å². The van der Waals surface area contributed by atoms with Gasteiger partial charge in [0, 0.05) is 37.2 Å². The topological polar surface area (TPSA) is 121 Å². The van der Waals surface area contributed by atoms with Crippen LogP contribution >= 0.6 is 0 Å². The van der Waals surface area contributed by atoms with Crippen molar-refractivity contribution in [2.45, 2.75) is 56.9 Å². The van der Waals surface area contributed by atoms with E-state index in [1.54, 1.807) is 0 Å². The summed E-state index contributed by atoms with van der Waals surface area (Å²) in [5.41, 5.74) is 1.72.